The summed E-state index contributed by atoms with van der Waals surface area (Å²) in [5, 5.41) is 4.02. The summed E-state index contributed by atoms with van der Waals surface area (Å²) in [5.41, 5.74) is 0.275. The van der Waals surface area contributed by atoms with Gasteiger partial charge in [0, 0.05) is 45.3 Å². The van der Waals surface area contributed by atoms with Crippen molar-refractivity contribution in [2.45, 2.75) is 19.9 Å². The minimum absolute atomic E-state index is 0.288. The lowest BCUT2D eigenvalue weighted by Crippen LogP contribution is -2.47. The molecule has 1 aromatic heterocycles. The average Bonchev–Trinajstić information content (AvgIpc) is 2.66. The van der Waals surface area contributed by atoms with Gasteiger partial charge >= 0.3 is 5.69 Å². The van der Waals surface area contributed by atoms with Crippen LogP contribution < -0.4 is 20.9 Å². The molecule has 1 saturated heterocycles. The van der Waals surface area contributed by atoms with Crippen LogP contribution in [0, 0.1) is 12.7 Å². The molecule has 0 atom stereocenters. The number of aromatic nitrogens is 3. The molecule has 1 aliphatic rings. The van der Waals surface area contributed by atoms with Crippen LogP contribution >= 0.6 is 0 Å². The van der Waals surface area contributed by atoms with Gasteiger partial charge in [0.15, 0.2) is 0 Å². The number of hydrogen-bond donors (Lipinski definition) is 1. The van der Waals surface area contributed by atoms with Crippen molar-refractivity contribution < 1.29 is 9.13 Å². The molecule has 146 valence electrons. The van der Waals surface area contributed by atoms with Gasteiger partial charge in [0.2, 0.25) is 0 Å². The van der Waals surface area contributed by atoms with Gasteiger partial charge in [-0.3, -0.25) is 14.7 Å². The third-order valence-corrected chi connectivity index (χ3v) is 4.75. The first-order valence-electron chi connectivity index (χ1n) is 8.97. The molecule has 0 spiro atoms. The van der Waals surface area contributed by atoms with E-state index in [9.17, 15) is 14.0 Å². The summed E-state index contributed by atoms with van der Waals surface area (Å²) >= 11 is 0. The Morgan fingerprint density at radius 1 is 1.19 bits per heavy atom. The molecule has 0 saturated carbocycles. The lowest BCUT2D eigenvalue weighted by Gasteiger charge is -2.36. The maximum atomic E-state index is 13.4. The maximum Gasteiger partial charge on any atom is 0.344 e. The zero-order valence-corrected chi connectivity index (χ0v) is 15.6. The number of halogens is 1. The van der Waals surface area contributed by atoms with Crippen LogP contribution in [0.4, 0.5) is 10.1 Å². The van der Waals surface area contributed by atoms with E-state index in [4.69, 9.17) is 4.74 Å². The van der Waals surface area contributed by atoms with E-state index in [1.807, 2.05) is 0 Å². The Morgan fingerprint density at radius 2 is 1.93 bits per heavy atom. The molecule has 1 aliphatic heterocycles. The van der Waals surface area contributed by atoms with E-state index in [-0.39, 0.29) is 11.5 Å². The third-order valence-electron chi connectivity index (χ3n) is 4.75. The largest absolute Gasteiger partial charge is 0.494 e. The van der Waals surface area contributed by atoms with E-state index in [0.717, 1.165) is 44.8 Å². The maximum absolute atomic E-state index is 13.4. The molecular formula is C18H24FN5O3. The third kappa shape index (κ3) is 4.54. The molecule has 1 N–H and O–H groups in total. The van der Waals surface area contributed by atoms with E-state index >= 15 is 0 Å². The normalized spacial score (nSPS) is 15.1. The Balaban J connectivity index is 1.51. The molecule has 27 heavy (non-hydrogen) atoms. The van der Waals surface area contributed by atoms with Gasteiger partial charge in [-0.25, -0.2) is 13.9 Å². The predicted molar refractivity (Wildman–Crippen MR) is 100 cm³/mol. The molecule has 0 bridgehead atoms. The number of H-pyrrole nitrogens is 1. The van der Waals surface area contributed by atoms with Gasteiger partial charge in [-0.1, -0.05) is 0 Å². The Hall–Kier alpha value is -2.68. The van der Waals surface area contributed by atoms with Gasteiger partial charge in [0.25, 0.3) is 5.56 Å². The summed E-state index contributed by atoms with van der Waals surface area (Å²) < 4.78 is 20.0. The van der Waals surface area contributed by atoms with E-state index in [1.165, 1.54) is 16.8 Å². The fraction of sp³-hybridized carbons (Fsp3) is 0.500. The van der Waals surface area contributed by atoms with Crippen molar-refractivity contribution in [1.29, 1.82) is 0 Å². The van der Waals surface area contributed by atoms with E-state index < -0.39 is 11.2 Å². The molecule has 0 radical (unpaired) electrons. The van der Waals surface area contributed by atoms with Gasteiger partial charge in [0.05, 0.1) is 12.8 Å². The number of piperazine rings is 1. The van der Waals surface area contributed by atoms with Crippen LogP contribution in [-0.4, -0.2) is 59.5 Å². The van der Waals surface area contributed by atoms with Crippen LogP contribution in [-0.2, 0) is 6.54 Å². The SMILES string of the molecule is COc1cc(F)ccc1N1CCN(CCCn2nc(C)c(=O)[nH]c2=O)CC1. The van der Waals surface area contributed by atoms with Crippen LogP contribution in [0.2, 0.25) is 0 Å². The number of hydrogen-bond acceptors (Lipinski definition) is 6. The molecule has 3 rings (SSSR count). The van der Waals surface area contributed by atoms with Crippen molar-refractivity contribution in [3.8, 4) is 5.75 Å². The minimum atomic E-state index is -0.473. The summed E-state index contributed by atoms with van der Waals surface area (Å²) in [6.07, 6.45) is 0.762. The standard InChI is InChI=1S/C18H24FN5O3/c1-13-17(25)20-18(26)24(21-13)7-3-6-22-8-10-23(11-9-22)15-5-4-14(19)12-16(15)27-2/h4-5,12H,3,6-11H2,1-2H3,(H,20,25,26). The summed E-state index contributed by atoms with van der Waals surface area (Å²) in [5.74, 6) is 0.234. The van der Waals surface area contributed by atoms with E-state index in [2.05, 4.69) is 19.9 Å². The van der Waals surface area contributed by atoms with Crippen LogP contribution in [0.5, 0.6) is 5.75 Å². The number of anilines is 1. The van der Waals surface area contributed by atoms with Crippen molar-refractivity contribution in [2.75, 3.05) is 44.7 Å². The topological polar surface area (TPSA) is 83.5 Å². The average molecular weight is 377 g/mol. The molecule has 1 fully saturated rings. The van der Waals surface area contributed by atoms with Crippen molar-refractivity contribution in [1.82, 2.24) is 19.7 Å². The first kappa shape index (κ1) is 19.1. The number of aromatic amines is 1. The fourth-order valence-corrected chi connectivity index (χ4v) is 3.24. The number of ether oxygens (including phenoxy) is 1. The van der Waals surface area contributed by atoms with Gasteiger partial charge in [-0.2, -0.15) is 5.10 Å². The number of benzene rings is 1. The first-order valence-corrected chi connectivity index (χ1v) is 8.97. The monoisotopic (exact) mass is 377 g/mol. The summed E-state index contributed by atoms with van der Waals surface area (Å²) in [6.45, 7) is 6.25. The predicted octanol–water partition coefficient (Wildman–Crippen LogP) is 0.600. The van der Waals surface area contributed by atoms with Crippen LogP contribution in [0.3, 0.4) is 0 Å². The van der Waals surface area contributed by atoms with Crippen molar-refractivity contribution >= 4 is 5.69 Å². The molecule has 2 heterocycles. The Kier molecular flexibility index (Phi) is 5.90. The number of methoxy groups -OCH3 is 1. The van der Waals surface area contributed by atoms with Gasteiger partial charge in [-0.05, 0) is 25.5 Å². The minimum Gasteiger partial charge on any atom is -0.494 e. The first-order chi connectivity index (χ1) is 13.0. The molecule has 9 heteroatoms. The fourth-order valence-electron chi connectivity index (χ4n) is 3.24. The van der Waals surface area contributed by atoms with Crippen molar-refractivity contribution in [2.24, 2.45) is 0 Å². The molecule has 0 aliphatic carbocycles. The number of nitrogens with zero attached hydrogens (tertiary/aromatic N) is 4. The lowest BCUT2D eigenvalue weighted by molar-refractivity contribution is 0.247. The van der Waals surface area contributed by atoms with E-state index in [0.29, 0.717) is 12.3 Å². The highest BCUT2D eigenvalue weighted by Crippen LogP contribution is 2.29. The Labute approximate surface area is 156 Å². The van der Waals surface area contributed by atoms with Crippen molar-refractivity contribution in [3.05, 3.63) is 50.5 Å². The molecular weight excluding hydrogens is 353 g/mol. The zero-order chi connectivity index (χ0) is 19.4. The van der Waals surface area contributed by atoms with Crippen LogP contribution in [0.25, 0.3) is 0 Å². The van der Waals surface area contributed by atoms with Crippen LogP contribution in [0.15, 0.2) is 27.8 Å². The smallest absolute Gasteiger partial charge is 0.344 e. The number of aryl methyl sites for hydroxylation is 2. The van der Waals surface area contributed by atoms with E-state index in [1.54, 1.807) is 20.1 Å². The lowest BCUT2D eigenvalue weighted by atomic mass is 10.2. The molecule has 1 aromatic carbocycles. The molecule has 8 nitrogen and oxygen atoms in total. The number of nitrogens with one attached hydrogen (secondary N) is 1. The zero-order valence-electron chi connectivity index (χ0n) is 15.6. The highest BCUT2D eigenvalue weighted by molar-refractivity contribution is 5.58. The van der Waals surface area contributed by atoms with Gasteiger partial charge in [-0.15, -0.1) is 0 Å². The van der Waals surface area contributed by atoms with Crippen LogP contribution in [0.1, 0.15) is 12.1 Å². The second-order valence-corrected chi connectivity index (χ2v) is 6.57. The summed E-state index contributed by atoms with van der Waals surface area (Å²) in [4.78, 5) is 29.9. The van der Waals surface area contributed by atoms with Gasteiger partial charge in [0.1, 0.15) is 17.3 Å². The second kappa shape index (κ2) is 8.34. The van der Waals surface area contributed by atoms with Gasteiger partial charge < -0.3 is 9.64 Å². The van der Waals surface area contributed by atoms with Crippen molar-refractivity contribution in [3.63, 3.8) is 0 Å². The Bertz CT molecular complexity index is 903. The number of rotatable bonds is 6. The molecule has 0 unspecified atom stereocenters. The Morgan fingerprint density at radius 3 is 2.63 bits per heavy atom. The summed E-state index contributed by atoms with van der Waals surface area (Å²) in [6, 6.07) is 4.60. The molecule has 2 aromatic rings. The highest BCUT2D eigenvalue weighted by atomic mass is 19.1. The summed E-state index contributed by atoms with van der Waals surface area (Å²) in [7, 11) is 1.54. The second-order valence-electron chi connectivity index (χ2n) is 6.57. The highest BCUT2D eigenvalue weighted by Gasteiger charge is 2.19. The quantitative estimate of drug-likeness (QED) is 0.794. The molecule has 0 amide bonds.